The largest absolute Gasteiger partial charge is 0.303 e. The van der Waals surface area contributed by atoms with Crippen molar-refractivity contribution in [2.75, 3.05) is 7.05 Å². The highest BCUT2D eigenvalue weighted by molar-refractivity contribution is 5.79. The molecule has 0 fully saturated rings. The zero-order chi connectivity index (χ0) is 7.28. The molecule has 52 valence electrons. The van der Waals surface area contributed by atoms with Crippen molar-refractivity contribution in [2.24, 2.45) is 16.0 Å². The molecule has 9 heavy (non-hydrogen) atoms. The van der Waals surface area contributed by atoms with Crippen molar-refractivity contribution >= 4 is 12.1 Å². The topological polar surface area (TPSA) is 54.0 Å². The van der Waals surface area contributed by atoms with Crippen LogP contribution < -0.4 is 5.84 Å². The normalized spacial score (nSPS) is 9.78. The highest BCUT2D eigenvalue weighted by atomic mass is 15.4. The Hall–Kier alpha value is -0.900. The maximum atomic E-state index is 5.19. The minimum Gasteiger partial charge on any atom is -0.303 e. The van der Waals surface area contributed by atoms with E-state index < -0.39 is 0 Å². The van der Waals surface area contributed by atoms with Crippen molar-refractivity contribution in [2.45, 2.75) is 13.8 Å². The van der Waals surface area contributed by atoms with Crippen LogP contribution in [0, 0.1) is 0 Å². The van der Waals surface area contributed by atoms with Crippen molar-refractivity contribution in [3.05, 3.63) is 0 Å². The van der Waals surface area contributed by atoms with Gasteiger partial charge in [-0.05, 0) is 13.8 Å². The van der Waals surface area contributed by atoms with Crippen molar-refractivity contribution < 1.29 is 0 Å². The van der Waals surface area contributed by atoms with Gasteiger partial charge < -0.3 is 5.01 Å². The SMILES string of the molecule is CC(C)=N/N=C\N(C)N. The monoisotopic (exact) mass is 128 g/mol. The van der Waals surface area contributed by atoms with E-state index in [1.54, 1.807) is 7.05 Å². The van der Waals surface area contributed by atoms with Crippen LogP contribution in [0.5, 0.6) is 0 Å². The molecule has 4 nitrogen and oxygen atoms in total. The fourth-order valence-electron chi connectivity index (χ4n) is 0.223. The molecule has 0 aromatic heterocycles. The lowest BCUT2D eigenvalue weighted by Crippen LogP contribution is -2.23. The number of nitrogens with zero attached hydrogens (tertiary/aromatic N) is 3. The van der Waals surface area contributed by atoms with Crippen molar-refractivity contribution in [3.8, 4) is 0 Å². The molecular formula is C5H12N4. The molecule has 0 amide bonds. The molecule has 0 unspecified atom stereocenters. The van der Waals surface area contributed by atoms with Crippen LogP contribution in [0.2, 0.25) is 0 Å². The van der Waals surface area contributed by atoms with E-state index in [1.807, 2.05) is 13.8 Å². The van der Waals surface area contributed by atoms with E-state index >= 15 is 0 Å². The summed E-state index contributed by atoms with van der Waals surface area (Å²) < 4.78 is 0. The van der Waals surface area contributed by atoms with Gasteiger partial charge in [0.05, 0.1) is 0 Å². The standard InChI is InChI=1S/C5H12N4/c1-5(2)8-7-4-9(3)6/h4H,6H2,1-3H3/b7-4-. The van der Waals surface area contributed by atoms with Crippen LogP contribution in [0.4, 0.5) is 0 Å². The fourth-order valence-corrected chi connectivity index (χ4v) is 0.223. The van der Waals surface area contributed by atoms with E-state index in [1.165, 1.54) is 11.3 Å². The highest BCUT2D eigenvalue weighted by Crippen LogP contribution is 1.74. The third-order valence-corrected chi connectivity index (χ3v) is 0.492. The number of hydrazine groups is 1. The summed E-state index contributed by atoms with van der Waals surface area (Å²) in [5, 5.41) is 8.70. The summed E-state index contributed by atoms with van der Waals surface area (Å²) in [4.78, 5) is 0. The van der Waals surface area contributed by atoms with Crippen LogP contribution in [-0.2, 0) is 0 Å². The highest BCUT2D eigenvalue weighted by Gasteiger charge is 1.74. The van der Waals surface area contributed by atoms with Gasteiger partial charge in [-0.15, -0.1) is 5.10 Å². The Bertz CT molecular complexity index is 121. The average Bonchev–Trinajstić information content (AvgIpc) is 1.63. The van der Waals surface area contributed by atoms with Gasteiger partial charge in [0.15, 0.2) is 0 Å². The second kappa shape index (κ2) is 4.03. The molecule has 0 spiro atoms. The Balaban J connectivity index is 3.60. The van der Waals surface area contributed by atoms with E-state index in [0.717, 1.165) is 5.71 Å². The quantitative estimate of drug-likeness (QED) is 0.250. The number of rotatable bonds is 2. The summed E-state index contributed by atoms with van der Waals surface area (Å²) >= 11 is 0. The number of hydrogen-bond acceptors (Lipinski definition) is 3. The van der Waals surface area contributed by atoms with E-state index in [4.69, 9.17) is 5.84 Å². The summed E-state index contributed by atoms with van der Waals surface area (Å²) in [6, 6.07) is 0. The molecule has 2 N–H and O–H groups in total. The molecule has 0 aromatic carbocycles. The van der Waals surface area contributed by atoms with Gasteiger partial charge >= 0.3 is 0 Å². The smallest absolute Gasteiger partial charge is 0.127 e. The van der Waals surface area contributed by atoms with Gasteiger partial charge in [0.2, 0.25) is 0 Å². The van der Waals surface area contributed by atoms with Crippen molar-refractivity contribution in [1.82, 2.24) is 5.01 Å². The van der Waals surface area contributed by atoms with Gasteiger partial charge in [0.1, 0.15) is 6.34 Å². The Morgan fingerprint density at radius 2 is 2.11 bits per heavy atom. The first-order valence-electron chi connectivity index (χ1n) is 2.65. The summed E-state index contributed by atoms with van der Waals surface area (Å²) in [7, 11) is 1.68. The summed E-state index contributed by atoms with van der Waals surface area (Å²) in [5.41, 5.74) is 0.910. The molecule has 0 radical (unpaired) electrons. The van der Waals surface area contributed by atoms with Gasteiger partial charge in [0, 0.05) is 12.8 Å². The van der Waals surface area contributed by atoms with E-state index in [-0.39, 0.29) is 0 Å². The second-order valence-electron chi connectivity index (χ2n) is 1.94. The molecular weight excluding hydrogens is 116 g/mol. The lowest BCUT2D eigenvalue weighted by atomic mass is 10.5. The second-order valence-corrected chi connectivity index (χ2v) is 1.94. The molecule has 0 saturated heterocycles. The first kappa shape index (κ1) is 8.10. The number of nitrogens with two attached hydrogens (primary N) is 1. The van der Waals surface area contributed by atoms with E-state index in [9.17, 15) is 0 Å². The zero-order valence-electron chi connectivity index (χ0n) is 6.00. The predicted octanol–water partition coefficient (Wildman–Crippen LogP) is 0.216. The van der Waals surface area contributed by atoms with Gasteiger partial charge in [-0.25, -0.2) is 5.84 Å². The van der Waals surface area contributed by atoms with Crippen LogP contribution in [0.15, 0.2) is 10.2 Å². The van der Waals surface area contributed by atoms with Gasteiger partial charge in [-0.2, -0.15) is 5.10 Å². The fraction of sp³-hybridized carbons (Fsp3) is 0.600. The minimum absolute atomic E-state index is 0.910. The molecule has 0 heterocycles. The van der Waals surface area contributed by atoms with Crippen LogP contribution in [-0.4, -0.2) is 24.1 Å². The summed E-state index contributed by atoms with van der Waals surface area (Å²) in [6.07, 6.45) is 1.44. The molecule has 0 atom stereocenters. The van der Waals surface area contributed by atoms with E-state index in [0.29, 0.717) is 0 Å². The van der Waals surface area contributed by atoms with Crippen LogP contribution >= 0.6 is 0 Å². The first-order chi connectivity index (χ1) is 4.13. The Kier molecular flexibility index (Phi) is 3.62. The predicted molar refractivity (Wildman–Crippen MR) is 39.2 cm³/mol. The lowest BCUT2D eigenvalue weighted by Gasteiger charge is -1.98. The average molecular weight is 128 g/mol. The van der Waals surface area contributed by atoms with Crippen LogP contribution in [0.25, 0.3) is 0 Å². The molecule has 0 aliphatic carbocycles. The molecule has 0 aliphatic heterocycles. The van der Waals surface area contributed by atoms with Crippen LogP contribution in [0.3, 0.4) is 0 Å². The van der Waals surface area contributed by atoms with Crippen molar-refractivity contribution in [1.29, 1.82) is 0 Å². The molecule has 4 heteroatoms. The first-order valence-corrected chi connectivity index (χ1v) is 2.65. The van der Waals surface area contributed by atoms with E-state index in [2.05, 4.69) is 10.2 Å². The maximum absolute atomic E-state index is 5.19. The summed E-state index contributed by atoms with van der Waals surface area (Å²) in [6.45, 7) is 3.74. The maximum Gasteiger partial charge on any atom is 0.127 e. The van der Waals surface area contributed by atoms with Crippen LogP contribution in [0.1, 0.15) is 13.8 Å². The number of hydrogen-bond donors (Lipinski definition) is 1. The minimum atomic E-state index is 0.910. The van der Waals surface area contributed by atoms with Gasteiger partial charge in [-0.3, -0.25) is 0 Å². The molecule has 0 saturated carbocycles. The Morgan fingerprint density at radius 1 is 1.56 bits per heavy atom. The molecule has 0 aliphatic rings. The molecule has 0 aromatic rings. The third-order valence-electron chi connectivity index (χ3n) is 0.492. The Morgan fingerprint density at radius 3 is 2.44 bits per heavy atom. The third kappa shape index (κ3) is 7.10. The zero-order valence-corrected chi connectivity index (χ0v) is 6.00. The van der Waals surface area contributed by atoms with Gasteiger partial charge in [-0.1, -0.05) is 0 Å². The lowest BCUT2D eigenvalue weighted by molar-refractivity contribution is 0.554. The van der Waals surface area contributed by atoms with Crippen molar-refractivity contribution in [3.63, 3.8) is 0 Å². The summed E-state index contributed by atoms with van der Waals surface area (Å²) in [5.74, 6) is 5.19. The molecule has 0 bridgehead atoms. The molecule has 0 rings (SSSR count). The van der Waals surface area contributed by atoms with Gasteiger partial charge in [0.25, 0.3) is 0 Å². The Labute approximate surface area is 55.0 Å².